The molecule has 0 bridgehead atoms. The Balaban J connectivity index is 2.47. The highest BCUT2D eigenvalue weighted by molar-refractivity contribution is 7.89. The summed E-state index contributed by atoms with van der Waals surface area (Å²) in [6.45, 7) is 6.53. The first-order valence-electron chi connectivity index (χ1n) is 6.64. The number of sulfonamides is 1. The van der Waals surface area contributed by atoms with Crippen molar-refractivity contribution in [2.24, 2.45) is 11.1 Å². The summed E-state index contributed by atoms with van der Waals surface area (Å²) in [6, 6.07) is 4.76. The molecule has 1 aromatic carbocycles. The molecule has 1 aliphatic heterocycles. The van der Waals surface area contributed by atoms with Crippen LogP contribution in [0.25, 0.3) is 0 Å². The molecule has 1 aromatic rings. The molecule has 0 aliphatic carbocycles. The zero-order valence-corrected chi connectivity index (χ0v) is 12.8. The van der Waals surface area contributed by atoms with Crippen LogP contribution >= 0.6 is 0 Å². The lowest BCUT2D eigenvalue weighted by Crippen LogP contribution is -2.35. The molecular weight excluding hydrogens is 276 g/mol. The van der Waals surface area contributed by atoms with E-state index in [9.17, 15) is 13.2 Å². The molecule has 2 atom stereocenters. The monoisotopic (exact) mass is 296 g/mol. The van der Waals surface area contributed by atoms with Crippen molar-refractivity contribution in [3.8, 4) is 0 Å². The molecule has 2 N–H and O–H groups in total. The zero-order chi connectivity index (χ0) is 15.1. The lowest BCUT2D eigenvalue weighted by Gasteiger charge is -2.22. The number of carbonyl (C=O) groups excluding carboxylic acids is 1. The van der Waals surface area contributed by atoms with Crippen LogP contribution in [0.4, 0.5) is 0 Å². The maximum Gasteiger partial charge on any atom is 0.255 e. The Morgan fingerprint density at radius 2 is 2.00 bits per heavy atom. The first-order chi connectivity index (χ1) is 9.20. The molecule has 0 aromatic heterocycles. The molecular formula is C14H20N2O3S. The van der Waals surface area contributed by atoms with Crippen LogP contribution in [-0.2, 0) is 10.0 Å². The van der Waals surface area contributed by atoms with Gasteiger partial charge in [-0.3, -0.25) is 4.79 Å². The van der Waals surface area contributed by atoms with Crippen molar-refractivity contribution in [1.29, 1.82) is 0 Å². The second kappa shape index (κ2) is 5.18. The molecule has 2 rings (SSSR count). The van der Waals surface area contributed by atoms with Gasteiger partial charge in [0, 0.05) is 12.6 Å². The lowest BCUT2D eigenvalue weighted by atomic mass is 10.1. The van der Waals surface area contributed by atoms with Gasteiger partial charge in [0.05, 0.1) is 10.5 Å². The van der Waals surface area contributed by atoms with E-state index < -0.39 is 10.0 Å². The molecule has 1 fully saturated rings. The molecule has 5 nitrogen and oxygen atoms in total. The summed E-state index contributed by atoms with van der Waals surface area (Å²) < 4.78 is 23.3. The molecule has 1 amide bonds. The number of carbonyl (C=O) groups is 1. The van der Waals surface area contributed by atoms with Crippen molar-refractivity contribution < 1.29 is 13.2 Å². The van der Waals surface area contributed by atoms with Gasteiger partial charge in [-0.15, -0.1) is 0 Å². The number of benzene rings is 1. The maximum absolute atomic E-state index is 12.6. The van der Waals surface area contributed by atoms with E-state index in [-0.39, 0.29) is 22.4 Å². The van der Waals surface area contributed by atoms with E-state index in [4.69, 9.17) is 5.14 Å². The lowest BCUT2D eigenvalue weighted by molar-refractivity contribution is 0.0739. The van der Waals surface area contributed by atoms with Gasteiger partial charge in [0.25, 0.3) is 5.91 Å². The second-order valence-corrected chi connectivity index (χ2v) is 7.22. The van der Waals surface area contributed by atoms with E-state index >= 15 is 0 Å². The van der Waals surface area contributed by atoms with Gasteiger partial charge in [0.1, 0.15) is 0 Å². The van der Waals surface area contributed by atoms with Crippen molar-refractivity contribution in [2.45, 2.75) is 38.1 Å². The number of aryl methyl sites for hydroxylation is 1. The molecule has 1 heterocycles. The fourth-order valence-electron chi connectivity index (χ4n) is 2.80. The Bertz CT molecular complexity index is 640. The third-order valence-corrected chi connectivity index (χ3v) is 4.69. The van der Waals surface area contributed by atoms with Gasteiger partial charge in [-0.25, -0.2) is 13.6 Å². The normalized spacial score (nSPS) is 23.1. The van der Waals surface area contributed by atoms with Crippen LogP contribution in [0.15, 0.2) is 23.1 Å². The second-order valence-electron chi connectivity index (χ2n) is 5.69. The molecule has 6 heteroatoms. The molecule has 0 saturated carbocycles. The van der Waals surface area contributed by atoms with Crippen LogP contribution in [0.5, 0.6) is 0 Å². The molecule has 1 saturated heterocycles. The highest BCUT2D eigenvalue weighted by Crippen LogP contribution is 2.26. The van der Waals surface area contributed by atoms with E-state index in [1.807, 2.05) is 13.8 Å². The number of primary sulfonamides is 1. The predicted molar refractivity (Wildman–Crippen MR) is 76.8 cm³/mol. The van der Waals surface area contributed by atoms with Crippen LogP contribution in [0.3, 0.4) is 0 Å². The van der Waals surface area contributed by atoms with Gasteiger partial charge in [-0.05, 0) is 38.3 Å². The SMILES string of the molecule is Cc1ccc(S(N)(=O)=O)c(C(=O)N2CC(C)CC2C)c1. The van der Waals surface area contributed by atoms with Gasteiger partial charge in [0.2, 0.25) is 10.0 Å². The zero-order valence-electron chi connectivity index (χ0n) is 12.0. The standard InChI is InChI=1S/C14H20N2O3S/c1-9-4-5-13(20(15,18)19)12(7-9)14(17)16-8-10(2)6-11(16)3/h4-5,7,10-11H,6,8H2,1-3H3,(H2,15,18,19). The minimum absolute atomic E-state index is 0.0974. The summed E-state index contributed by atoms with van der Waals surface area (Å²) in [5, 5.41) is 5.21. The Kier molecular flexibility index (Phi) is 3.88. The van der Waals surface area contributed by atoms with E-state index in [0.29, 0.717) is 12.5 Å². The van der Waals surface area contributed by atoms with Crippen LogP contribution in [0.2, 0.25) is 0 Å². The average Bonchev–Trinajstić information content (AvgIpc) is 2.65. The summed E-state index contributed by atoms with van der Waals surface area (Å²) in [7, 11) is -3.90. The minimum Gasteiger partial charge on any atom is -0.336 e. The van der Waals surface area contributed by atoms with Gasteiger partial charge in [-0.2, -0.15) is 0 Å². The van der Waals surface area contributed by atoms with E-state index in [2.05, 4.69) is 6.92 Å². The van der Waals surface area contributed by atoms with Gasteiger partial charge in [-0.1, -0.05) is 18.6 Å². The molecule has 1 aliphatic rings. The number of likely N-dealkylation sites (tertiary alicyclic amines) is 1. The van der Waals surface area contributed by atoms with E-state index in [1.165, 1.54) is 6.07 Å². The van der Waals surface area contributed by atoms with Crippen molar-refractivity contribution in [3.05, 3.63) is 29.3 Å². The topological polar surface area (TPSA) is 80.5 Å². The summed E-state index contributed by atoms with van der Waals surface area (Å²) in [6.07, 6.45) is 0.933. The van der Waals surface area contributed by atoms with E-state index in [0.717, 1.165) is 12.0 Å². The molecule has 20 heavy (non-hydrogen) atoms. The summed E-state index contributed by atoms with van der Waals surface area (Å²) in [4.78, 5) is 14.3. The molecule has 0 spiro atoms. The van der Waals surface area contributed by atoms with Crippen LogP contribution in [-0.4, -0.2) is 31.8 Å². The Hall–Kier alpha value is -1.40. The smallest absolute Gasteiger partial charge is 0.255 e. The largest absolute Gasteiger partial charge is 0.336 e. The average molecular weight is 296 g/mol. The third-order valence-electron chi connectivity index (χ3n) is 3.72. The Morgan fingerprint density at radius 3 is 2.50 bits per heavy atom. The number of amides is 1. The van der Waals surface area contributed by atoms with Crippen LogP contribution < -0.4 is 5.14 Å². The Labute approximate surface area is 119 Å². The van der Waals surface area contributed by atoms with Gasteiger partial charge < -0.3 is 4.90 Å². The Morgan fingerprint density at radius 1 is 1.35 bits per heavy atom. The maximum atomic E-state index is 12.6. The summed E-state index contributed by atoms with van der Waals surface area (Å²) in [5.41, 5.74) is 1.01. The summed E-state index contributed by atoms with van der Waals surface area (Å²) >= 11 is 0. The highest BCUT2D eigenvalue weighted by atomic mass is 32.2. The van der Waals surface area contributed by atoms with Gasteiger partial charge >= 0.3 is 0 Å². The van der Waals surface area contributed by atoms with E-state index in [1.54, 1.807) is 17.0 Å². The predicted octanol–water partition coefficient (Wildman–Crippen LogP) is 1.51. The van der Waals surface area contributed by atoms with Crippen molar-refractivity contribution in [2.75, 3.05) is 6.54 Å². The number of nitrogens with zero attached hydrogens (tertiary/aromatic N) is 1. The first-order valence-corrected chi connectivity index (χ1v) is 8.19. The van der Waals surface area contributed by atoms with Crippen LogP contribution in [0.1, 0.15) is 36.2 Å². The molecule has 2 unspecified atom stereocenters. The third kappa shape index (κ3) is 2.86. The quantitative estimate of drug-likeness (QED) is 0.898. The summed E-state index contributed by atoms with van der Waals surface area (Å²) in [5.74, 6) is 0.172. The fraction of sp³-hybridized carbons (Fsp3) is 0.500. The van der Waals surface area contributed by atoms with Crippen molar-refractivity contribution in [3.63, 3.8) is 0 Å². The number of nitrogens with two attached hydrogens (primary N) is 1. The van der Waals surface area contributed by atoms with Crippen molar-refractivity contribution in [1.82, 2.24) is 4.90 Å². The number of hydrogen-bond donors (Lipinski definition) is 1. The molecule has 0 radical (unpaired) electrons. The van der Waals surface area contributed by atoms with Crippen LogP contribution in [0, 0.1) is 12.8 Å². The number of rotatable bonds is 2. The molecule has 110 valence electrons. The highest BCUT2D eigenvalue weighted by Gasteiger charge is 2.32. The first kappa shape index (κ1) is 15.0. The van der Waals surface area contributed by atoms with Crippen molar-refractivity contribution >= 4 is 15.9 Å². The minimum atomic E-state index is -3.90. The fourth-order valence-corrected chi connectivity index (χ4v) is 3.51. The number of hydrogen-bond acceptors (Lipinski definition) is 3. The van der Waals surface area contributed by atoms with Gasteiger partial charge in [0.15, 0.2) is 0 Å².